The summed E-state index contributed by atoms with van der Waals surface area (Å²) in [5, 5.41) is 7.65. The molecule has 2 aromatic heterocycles. The molecule has 4 rings (SSSR count). The van der Waals surface area contributed by atoms with Gasteiger partial charge in [0.2, 0.25) is 0 Å². The zero-order valence-electron chi connectivity index (χ0n) is 15.2. The molecule has 0 N–H and O–H groups in total. The van der Waals surface area contributed by atoms with E-state index >= 15 is 0 Å². The molecule has 0 bridgehead atoms. The van der Waals surface area contributed by atoms with Gasteiger partial charge in [0, 0.05) is 36.2 Å². The lowest BCUT2D eigenvalue weighted by Crippen LogP contribution is -2.41. The molecule has 6 heteroatoms. The highest BCUT2D eigenvalue weighted by molar-refractivity contribution is 5.94. The Morgan fingerprint density at radius 1 is 0.963 bits per heavy atom. The maximum absolute atomic E-state index is 13.3. The van der Waals surface area contributed by atoms with Gasteiger partial charge in [0.1, 0.15) is 12.7 Å². The van der Waals surface area contributed by atoms with Gasteiger partial charge in [0.05, 0.1) is 0 Å². The summed E-state index contributed by atoms with van der Waals surface area (Å²) < 4.78 is 1.82. The Labute approximate surface area is 158 Å². The van der Waals surface area contributed by atoms with Gasteiger partial charge in [-0.1, -0.05) is 19.3 Å². The van der Waals surface area contributed by atoms with Crippen molar-refractivity contribution in [3.8, 4) is 5.69 Å². The van der Waals surface area contributed by atoms with Crippen LogP contribution in [0.3, 0.4) is 0 Å². The first-order valence-electron chi connectivity index (χ1n) is 9.46. The summed E-state index contributed by atoms with van der Waals surface area (Å²) >= 11 is 0. The molecule has 0 radical (unpaired) electrons. The summed E-state index contributed by atoms with van der Waals surface area (Å²) in [4.78, 5) is 19.5. The molecule has 27 heavy (non-hydrogen) atoms. The molecule has 0 saturated heterocycles. The Morgan fingerprint density at radius 2 is 1.63 bits per heavy atom. The number of carbonyl (C=O) groups excluding carboxylic acids is 1. The molecule has 1 amide bonds. The smallest absolute Gasteiger partial charge is 0.254 e. The van der Waals surface area contributed by atoms with Crippen LogP contribution in [-0.4, -0.2) is 36.6 Å². The zero-order chi connectivity index (χ0) is 18.5. The van der Waals surface area contributed by atoms with Crippen molar-refractivity contribution in [2.24, 2.45) is 0 Å². The van der Waals surface area contributed by atoms with Gasteiger partial charge in [-0.2, -0.15) is 0 Å². The molecule has 1 fully saturated rings. The molecular weight excluding hydrogens is 338 g/mol. The monoisotopic (exact) mass is 361 g/mol. The second kappa shape index (κ2) is 8.12. The number of rotatable bonds is 5. The molecule has 3 aromatic rings. The van der Waals surface area contributed by atoms with Crippen molar-refractivity contribution in [3.63, 3.8) is 0 Å². The van der Waals surface area contributed by atoms with Crippen molar-refractivity contribution in [1.82, 2.24) is 24.6 Å². The van der Waals surface area contributed by atoms with Crippen molar-refractivity contribution in [2.45, 2.75) is 44.7 Å². The lowest BCUT2D eigenvalue weighted by atomic mass is 9.93. The highest BCUT2D eigenvalue weighted by Gasteiger charge is 2.26. The first-order chi connectivity index (χ1) is 13.3. The van der Waals surface area contributed by atoms with Crippen molar-refractivity contribution < 1.29 is 4.79 Å². The van der Waals surface area contributed by atoms with Crippen molar-refractivity contribution in [2.75, 3.05) is 0 Å². The minimum atomic E-state index is 0.0917. The van der Waals surface area contributed by atoms with Crippen molar-refractivity contribution in [3.05, 3.63) is 72.6 Å². The molecule has 138 valence electrons. The zero-order valence-corrected chi connectivity index (χ0v) is 15.2. The summed E-state index contributed by atoms with van der Waals surface area (Å²) in [5.74, 6) is 0.0917. The molecule has 1 saturated carbocycles. The number of pyridine rings is 1. The fraction of sp³-hybridized carbons (Fsp3) is 0.333. The van der Waals surface area contributed by atoms with E-state index in [-0.39, 0.29) is 5.91 Å². The number of benzene rings is 1. The number of hydrogen-bond acceptors (Lipinski definition) is 4. The van der Waals surface area contributed by atoms with Gasteiger partial charge < -0.3 is 4.90 Å². The van der Waals surface area contributed by atoms with Gasteiger partial charge in [0.15, 0.2) is 0 Å². The standard InChI is InChI=1S/C21H23N5O/c27-21(18-6-8-19(9-7-18)25-15-23-24-16-25)26(20-4-2-1-3-5-20)14-17-10-12-22-13-11-17/h6-13,15-16,20H,1-5,14H2. The van der Waals surface area contributed by atoms with Gasteiger partial charge in [-0.25, -0.2) is 0 Å². The van der Waals surface area contributed by atoms with Gasteiger partial charge in [-0.05, 0) is 54.8 Å². The summed E-state index contributed by atoms with van der Waals surface area (Å²) in [7, 11) is 0. The third-order valence-corrected chi connectivity index (χ3v) is 5.21. The number of hydrogen-bond donors (Lipinski definition) is 0. The fourth-order valence-corrected chi connectivity index (χ4v) is 3.72. The molecule has 0 spiro atoms. The second-order valence-electron chi connectivity index (χ2n) is 7.00. The minimum absolute atomic E-state index is 0.0917. The Morgan fingerprint density at radius 3 is 2.30 bits per heavy atom. The van der Waals surface area contributed by atoms with E-state index in [1.807, 2.05) is 45.9 Å². The van der Waals surface area contributed by atoms with Crippen LogP contribution in [0, 0.1) is 0 Å². The SMILES string of the molecule is O=C(c1ccc(-n2cnnc2)cc1)N(Cc1ccncc1)C1CCCCC1. The van der Waals surface area contributed by atoms with E-state index < -0.39 is 0 Å². The van der Waals surface area contributed by atoms with E-state index in [1.54, 1.807) is 25.0 Å². The van der Waals surface area contributed by atoms with E-state index in [1.165, 1.54) is 19.3 Å². The quantitative estimate of drug-likeness (QED) is 0.696. The van der Waals surface area contributed by atoms with Gasteiger partial charge >= 0.3 is 0 Å². The van der Waals surface area contributed by atoms with Crippen LogP contribution in [0.2, 0.25) is 0 Å². The predicted molar refractivity (Wildman–Crippen MR) is 102 cm³/mol. The first-order valence-corrected chi connectivity index (χ1v) is 9.46. The fourth-order valence-electron chi connectivity index (χ4n) is 3.72. The average molecular weight is 361 g/mol. The molecule has 1 aliphatic carbocycles. The van der Waals surface area contributed by atoms with Crippen molar-refractivity contribution in [1.29, 1.82) is 0 Å². The number of nitrogens with zero attached hydrogens (tertiary/aromatic N) is 5. The van der Waals surface area contributed by atoms with Crippen LogP contribution in [-0.2, 0) is 6.54 Å². The van der Waals surface area contributed by atoms with E-state index in [0.29, 0.717) is 18.2 Å². The maximum Gasteiger partial charge on any atom is 0.254 e. The van der Waals surface area contributed by atoms with E-state index in [2.05, 4.69) is 15.2 Å². The van der Waals surface area contributed by atoms with Crippen molar-refractivity contribution >= 4 is 5.91 Å². The third kappa shape index (κ3) is 4.05. The molecule has 1 aliphatic rings. The van der Waals surface area contributed by atoms with Crippen LogP contribution < -0.4 is 0 Å². The number of carbonyl (C=O) groups is 1. The lowest BCUT2D eigenvalue weighted by Gasteiger charge is -2.34. The van der Waals surface area contributed by atoms with Gasteiger partial charge in [0.25, 0.3) is 5.91 Å². The summed E-state index contributed by atoms with van der Waals surface area (Å²) in [6.45, 7) is 0.624. The lowest BCUT2D eigenvalue weighted by molar-refractivity contribution is 0.0614. The Balaban J connectivity index is 1.57. The molecule has 0 unspecified atom stereocenters. The molecular formula is C21H23N5O. The Bertz CT molecular complexity index is 855. The van der Waals surface area contributed by atoms with E-state index in [0.717, 1.165) is 24.1 Å². The summed E-state index contributed by atoms with van der Waals surface area (Å²) in [5.41, 5.74) is 2.77. The topological polar surface area (TPSA) is 63.9 Å². The third-order valence-electron chi connectivity index (χ3n) is 5.21. The maximum atomic E-state index is 13.3. The van der Waals surface area contributed by atoms with Crippen LogP contribution in [0.1, 0.15) is 48.0 Å². The number of amides is 1. The Hall–Kier alpha value is -3.02. The molecule has 2 heterocycles. The average Bonchev–Trinajstić information content (AvgIpc) is 3.28. The first kappa shape index (κ1) is 17.4. The van der Waals surface area contributed by atoms with Crippen LogP contribution in [0.25, 0.3) is 5.69 Å². The van der Waals surface area contributed by atoms with Crippen LogP contribution in [0.4, 0.5) is 0 Å². The highest BCUT2D eigenvalue weighted by Crippen LogP contribution is 2.26. The highest BCUT2D eigenvalue weighted by atomic mass is 16.2. The summed E-state index contributed by atoms with van der Waals surface area (Å²) in [6.07, 6.45) is 12.7. The predicted octanol–water partition coefficient (Wildman–Crippen LogP) is 3.64. The Kier molecular flexibility index (Phi) is 5.23. The minimum Gasteiger partial charge on any atom is -0.331 e. The molecule has 0 aliphatic heterocycles. The molecule has 6 nitrogen and oxygen atoms in total. The van der Waals surface area contributed by atoms with Gasteiger partial charge in [-0.3, -0.25) is 14.3 Å². The normalized spacial score (nSPS) is 14.8. The molecule has 1 aromatic carbocycles. The van der Waals surface area contributed by atoms with Crippen LogP contribution >= 0.6 is 0 Å². The molecule has 0 atom stereocenters. The van der Waals surface area contributed by atoms with Crippen LogP contribution in [0.15, 0.2) is 61.4 Å². The largest absolute Gasteiger partial charge is 0.331 e. The second-order valence-corrected chi connectivity index (χ2v) is 7.00. The van der Waals surface area contributed by atoms with E-state index in [4.69, 9.17) is 0 Å². The van der Waals surface area contributed by atoms with Gasteiger partial charge in [-0.15, -0.1) is 10.2 Å². The summed E-state index contributed by atoms with van der Waals surface area (Å²) in [6, 6.07) is 11.9. The van der Waals surface area contributed by atoms with Crippen LogP contribution in [0.5, 0.6) is 0 Å². The number of aromatic nitrogens is 4. The van der Waals surface area contributed by atoms with E-state index in [9.17, 15) is 4.79 Å².